The van der Waals surface area contributed by atoms with Crippen LogP contribution in [0.15, 0.2) is 0 Å². The van der Waals surface area contributed by atoms with E-state index in [2.05, 4.69) is 0 Å². The van der Waals surface area contributed by atoms with Gasteiger partial charge in [0.05, 0.1) is 0 Å². The zero-order valence-corrected chi connectivity index (χ0v) is 19.5. The van der Waals surface area contributed by atoms with Crippen molar-refractivity contribution < 1.29 is 75.0 Å². The van der Waals surface area contributed by atoms with E-state index in [0.717, 1.165) is 0 Å². The Bertz CT molecular complexity index is 363. The van der Waals surface area contributed by atoms with Crippen molar-refractivity contribution in [3.63, 3.8) is 0 Å². The molecule has 0 aromatic rings. The minimum Gasteiger partial charge on any atom is -1.00 e. The first-order chi connectivity index (χ1) is 6.64. The van der Waals surface area contributed by atoms with Crippen LogP contribution in [0, 0.1) is 0 Å². The summed E-state index contributed by atoms with van der Waals surface area (Å²) in [6, 6.07) is 0. The minimum atomic E-state index is -4.67. The molecule has 19 heteroatoms. The van der Waals surface area contributed by atoms with Crippen molar-refractivity contribution in [3.05, 3.63) is 0 Å². The second-order valence-electron chi connectivity index (χ2n) is 1.91. The summed E-state index contributed by atoms with van der Waals surface area (Å²) >= 11 is 0. The molecule has 0 radical (unpaired) electrons. The third kappa shape index (κ3) is 233. The van der Waals surface area contributed by atoms with E-state index in [1.807, 2.05) is 0 Å². The van der Waals surface area contributed by atoms with Gasteiger partial charge >= 0.3 is 140 Å². The molecule has 14 nitrogen and oxygen atoms in total. The van der Waals surface area contributed by atoms with Gasteiger partial charge in [0.25, 0.3) is 0 Å². The van der Waals surface area contributed by atoms with Gasteiger partial charge < -0.3 is 35.2 Å². The van der Waals surface area contributed by atoms with Crippen LogP contribution in [0.1, 0.15) is 15.5 Å². The van der Waals surface area contributed by atoms with Crippen LogP contribution in [0.5, 0.6) is 0 Å². The van der Waals surface area contributed by atoms with Gasteiger partial charge in [0, 0.05) is 0 Å². The summed E-state index contributed by atoms with van der Waals surface area (Å²) < 4.78 is 63.2. The quantitative estimate of drug-likeness (QED) is 0.157. The molecule has 12 N–H and O–H groups in total. The maximum Gasteiger partial charge on any atom is 2.00 e. The molecular formula is C3H22Ca3O14S2. The Labute approximate surface area is 224 Å². The largest absolute Gasteiger partial charge is 2.00 e. The predicted octanol–water partition coefficient (Wildman–Crippen LogP) is -4.80. The fourth-order valence-corrected chi connectivity index (χ4v) is 0. The van der Waals surface area contributed by atoms with Gasteiger partial charge in [-0.05, 0) is 6.92 Å². The van der Waals surface area contributed by atoms with Gasteiger partial charge in [0.1, 0.15) is 6.10 Å². The molecule has 0 amide bonds. The van der Waals surface area contributed by atoms with E-state index in [1.165, 1.54) is 6.92 Å². The Morgan fingerprint density at radius 3 is 0.864 bits per heavy atom. The van der Waals surface area contributed by atoms with E-state index in [0.29, 0.717) is 0 Å². The Hall–Kier alpha value is 2.83. The molecule has 0 aliphatic heterocycles. The summed E-state index contributed by atoms with van der Waals surface area (Å²) in [4.78, 5) is 9.45. The molecule has 0 aromatic heterocycles. The van der Waals surface area contributed by atoms with Gasteiger partial charge in [-0.15, -0.1) is 0 Å². The second kappa shape index (κ2) is 28.6. The molecule has 0 rings (SSSR count). The van der Waals surface area contributed by atoms with Crippen molar-refractivity contribution in [3.8, 4) is 0 Å². The van der Waals surface area contributed by atoms with Gasteiger partial charge in [0.15, 0.2) is 0 Å². The van der Waals surface area contributed by atoms with Crippen LogP contribution in [-0.4, -0.2) is 187 Å². The number of hydrogen-bond acceptors (Lipinski definition) is 6. The van der Waals surface area contributed by atoms with Crippen molar-refractivity contribution in [1.82, 2.24) is 0 Å². The van der Waals surface area contributed by atoms with E-state index in [9.17, 15) is 4.79 Å². The van der Waals surface area contributed by atoms with Crippen molar-refractivity contribution in [2.24, 2.45) is 0 Å². The van der Waals surface area contributed by atoms with Gasteiger partial charge in [-0.25, -0.2) is 4.79 Å². The van der Waals surface area contributed by atoms with Crippen molar-refractivity contribution >= 4 is 140 Å². The molecule has 0 spiro atoms. The first-order valence-corrected chi connectivity index (χ1v) is 5.74. The number of aliphatic hydroxyl groups excluding tert-OH is 1. The topological polar surface area (TPSA) is 301 Å². The summed E-state index contributed by atoms with van der Waals surface area (Å²) in [6.45, 7) is 1.20. The first kappa shape index (κ1) is 56.3. The molecule has 0 fully saturated rings. The number of carboxylic acid groups (broad SMARTS) is 1. The average Bonchev–Trinajstić information content (AvgIpc) is 1.77. The number of aliphatic hydroxyl groups is 1. The Morgan fingerprint density at radius 1 is 0.818 bits per heavy atom. The molecule has 1 atom stereocenters. The van der Waals surface area contributed by atoms with Crippen LogP contribution >= 0.6 is 0 Å². The van der Waals surface area contributed by atoms with Crippen LogP contribution in [0.3, 0.4) is 0 Å². The van der Waals surface area contributed by atoms with Crippen LogP contribution in [-0.2, 0) is 25.6 Å². The molecule has 0 aliphatic rings. The predicted molar refractivity (Wildman–Crippen MR) is 82.4 cm³/mol. The molecule has 22 heavy (non-hydrogen) atoms. The van der Waals surface area contributed by atoms with Crippen molar-refractivity contribution in [1.29, 1.82) is 0 Å². The Kier molecular flexibility index (Phi) is 73.2. The molecule has 0 bridgehead atoms. The Balaban J connectivity index is -0.00000000575. The average molecular weight is 467 g/mol. The first-order valence-electron chi connectivity index (χ1n) is 2.95. The number of carbonyl (C=O) groups is 1. The normalized spacial score (nSPS) is 9.00. The van der Waals surface area contributed by atoms with Crippen LogP contribution in [0.2, 0.25) is 0 Å². The SMILES string of the molecule is CC(O)C(=O)O.O.O.O.O=S(=O)(O)O.O=S(=O)(O)O.[Ca+2].[Ca+2].[Ca+2].[H-].[H-].[H-].[H-].[H-].[H-]. The summed E-state index contributed by atoms with van der Waals surface area (Å²) in [6.07, 6.45) is -1.23. The Morgan fingerprint density at radius 2 is 0.864 bits per heavy atom. The molecule has 0 heterocycles. The van der Waals surface area contributed by atoms with Gasteiger partial charge in [-0.2, -0.15) is 16.8 Å². The number of rotatable bonds is 1. The third-order valence-electron chi connectivity index (χ3n) is 0.357. The van der Waals surface area contributed by atoms with Gasteiger partial charge in [-0.3, -0.25) is 18.2 Å². The summed E-state index contributed by atoms with van der Waals surface area (Å²) in [5, 5.41) is 15.8. The monoisotopic (exact) mass is 466 g/mol. The van der Waals surface area contributed by atoms with Gasteiger partial charge in [0.2, 0.25) is 0 Å². The van der Waals surface area contributed by atoms with E-state index in [-0.39, 0.29) is 138 Å². The zero-order chi connectivity index (χ0) is 14.2. The summed E-state index contributed by atoms with van der Waals surface area (Å²) in [5.74, 6) is -1.19. The maximum absolute atomic E-state index is 9.45. The standard InChI is InChI=1S/C3H6O3.3Ca.2H2O4S.3H2O.6H/c1-2(4)3(5)6;;;;2*1-5(2,3)4;;;;;;;;;/h2,4H,1H3,(H,5,6);;;;2*(H2,1,2,3,4);3*1H2;;;;;;/q;3*+2;;;;;;6*-1. The maximum atomic E-state index is 9.45. The summed E-state index contributed by atoms with van der Waals surface area (Å²) in [5.41, 5.74) is 0. The van der Waals surface area contributed by atoms with E-state index < -0.39 is 32.9 Å². The van der Waals surface area contributed by atoms with Crippen LogP contribution in [0.4, 0.5) is 0 Å². The molecular weight excluding hydrogens is 444 g/mol. The smallest absolute Gasteiger partial charge is 1.00 e. The van der Waals surface area contributed by atoms with E-state index in [1.54, 1.807) is 0 Å². The second-order valence-corrected chi connectivity index (χ2v) is 3.70. The van der Waals surface area contributed by atoms with Crippen molar-refractivity contribution in [2.75, 3.05) is 0 Å². The van der Waals surface area contributed by atoms with Crippen LogP contribution in [0.25, 0.3) is 0 Å². The fourth-order valence-electron chi connectivity index (χ4n) is 0. The molecule has 0 aromatic carbocycles. The van der Waals surface area contributed by atoms with E-state index >= 15 is 0 Å². The van der Waals surface area contributed by atoms with Crippen LogP contribution < -0.4 is 0 Å². The molecule has 0 saturated carbocycles. The number of carboxylic acids is 1. The summed E-state index contributed by atoms with van der Waals surface area (Å²) in [7, 11) is -9.33. The molecule has 136 valence electrons. The minimum absolute atomic E-state index is 0. The van der Waals surface area contributed by atoms with Gasteiger partial charge in [-0.1, -0.05) is 0 Å². The third-order valence-corrected chi connectivity index (χ3v) is 0.357. The zero-order valence-electron chi connectivity index (χ0n) is 17.2. The number of hydrogen-bond donors (Lipinski definition) is 6. The van der Waals surface area contributed by atoms with E-state index in [4.69, 9.17) is 45.3 Å². The fraction of sp³-hybridized carbons (Fsp3) is 0.667. The van der Waals surface area contributed by atoms with Crippen molar-refractivity contribution in [2.45, 2.75) is 13.0 Å². The number of aliphatic carboxylic acids is 1. The molecule has 0 saturated heterocycles. The molecule has 1 unspecified atom stereocenters. The molecule has 0 aliphatic carbocycles.